The summed E-state index contributed by atoms with van der Waals surface area (Å²) in [6.45, 7) is 12.3. The van der Waals surface area contributed by atoms with Crippen molar-refractivity contribution in [2.45, 2.75) is 53.4 Å². The molecule has 6 heteroatoms. The number of fused-ring (bicyclic) bond motifs is 1. The van der Waals surface area contributed by atoms with Gasteiger partial charge in [-0.05, 0) is 84.3 Å². The largest absolute Gasteiger partial charge is 0.434 e. The second-order valence-electron chi connectivity index (χ2n) is 9.11. The van der Waals surface area contributed by atoms with E-state index >= 15 is 0 Å². The summed E-state index contributed by atoms with van der Waals surface area (Å²) in [5.74, 6) is 2.37. The average molecular weight is 495 g/mol. The van der Waals surface area contributed by atoms with Crippen molar-refractivity contribution in [1.82, 2.24) is 9.97 Å². The standard InChI is InChI=1S/C28H28Cl2N2O2/c1-15(2)19-13-21(29)17(5)11-25(19)33-27-28(32-24-10-8-7-9-23(24)31-27)34-26-12-18(6)22(30)14-20(26)16(3)4/h7-16H,1-6H3. The minimum Gasteiger partial charge on any atom is -0.434 e. The number of ether oxygens (including phenoxy) is 2. The van der Waals surface area contributed by atoms with Gasteiger partial charge in [0.25, 0.3) is 11.8 Å². The fraction of sp³-hybridized carbons (Fsp3) is 0.286. The van der Waals surface area contributed by atoms with Crippen molar-refractivity contribution < 1.29 is 9.47 Å². The predicted molar refractivity (Wildman–Crippen MR) is 140 cm³/mol. The van der Waals surface area contributed by atoms with E-state index in [9.17, 15) is 0 Å². The third-order valence-electron chi connectivity index (χ3n) is 5.75. The molecular formula is C28H28Cl2N2O2. The van der Waals surface area contributed by atoms with Gasteiger partial charge in [-0.15, -0.1) is 0 Å². The smallest absolute Gasteiger partial charge is 0.284 e. The highest BCUT2D eigenvalue weighted by Gasteiger charge is 2.20. The van der Waals surface area contributed by atoms with Crippen LogP contribution in [0.5, 0.6) is 23.3 Å². The van der Waals surface area contributed by atoms with E-state index in [2.05, 4.69) is 27.7 Å². The molecule has 1 aromatic heterocycles. The Morgan fingerprint density at radius 3 is 1.38 bits per heavy atom. The normalized spacial score (nSPS) is 11.5. The SMILES string of the molecule is Cc1cc(Oc2nc3ccccc3nc2Oc2cc(C)c(Cl)cc2C(C)C)c(C(C)C)cc1Cl. The van der Waals surface area contributed by atoms with Crippen molar-refractivity contribution in [3.05, 3.63) is 80.8 Å². The van der Waals surface area contributed by atoms with Crippen LogP contribution in [0.3, 0.4) is 0 Å². The molecule has 4 rings (SSSR count). The maximum Gasteiger partial charge on any atom is 0.284 e. The number of aryl methyl sites for hydroxylation is 2. The predicted octanol–water partition coefficient (Wildman–Crippen LogP) is 9.38. The Balaban J connectivity index is 1.87. The number of benzene rings is 3. The first-order chi connectivity index (χ1) is 16.1. The van der Waals surface area contributed by atoms with Crippen molar-refractivity contribution in [2.24, 2.45) is 0 Å². The van der Waals surface area contributed by atoms with Crippen LogP contribution in [0.15, 0.2) is 48.5 Å². The highest BCUT2D eigenvalue weighted by molar-refractivity contribution is 6.31. The van der Waals surface area contributed by atoms with Crippen molar-refractivity contribution >= 4 is 34.2 Å². The number of aromatic nitrogens is 2. The molecule has 4 aromatic rings. The molecule has 0 aliphatic rings. The lowest BCUT2D eigenvalue weighted by atomic mass is 10.0. The molecule has 0 fully saturated rings. The number of hydrogen-bond acceptors (Lipinski definition) is 4. The molecule has 0 atom stereocenters. The Morgan fingerprint density at radius 2 is 1.03 bits per heavy atom. The van der Waals surface area contributed by atoms with E-state index in [4.69, 9.17) is 42.6 Å². The Morgan fingerprint density at radius 1 is 0.647 bits per heavy atom. The van der Waals surface area contributed by atoms with E-state index in [1.165, 1.54) is 0 Å². The molecule has 0 N–H and O–H groups in total. The Hall–Kier alpha value is -2.82. The summed E-state index contributed by atoms with van der Waals surface area (Å²) in [6, 6.07) is 15.4. The number of para-hydroxylation sites is 2. The van der Waals surface area contributed by atoms with Gasteiger partial charge < -0.3 is 9.47 Å². The fourth-order valence-electron chi connectivity index (χ4n) is 3.73. The van der Waals surface area contributed by atoms with Crippen molar-refractivity contribution in [1.29, 1.82) is 0 Å². The van der Waals surface area contributed by atoms with Gasteiger partial charge in [0.15, 0.2) is 0 Å². The summed E-state index contributed by atoms with van der Waals surface area (Å²) in [6.07, 6.45) is 0. The molecule has 0 saturated carbocycles. The van der Waals surface area contributed by atoms with Crippen LogP contribution in [-0.4, -0.2) is 9.97 Å². The van der Waals surface area contributed by atoms with Gasteiger partial charge in [-0.2, -0.15) is 0 Å². The molecule has 176 valence electrons. The zero-order chi connectivity index (χ0) is 24.6. The lowest BCUT2D eigenvalue weighted by Crippen LogP contribution is -2.02. The number of halogens is 2. The maximum atomic E-state index is 6.41. The molecule has 0 bridgehead atoms. The van der Waals surface area contributed by atoms with Gasteiger partial charge in [-0.25, -0.2) is 9.97 Å². The van der Waals surface area contributed by atoms with E-state index in [0.29, 0.717) is 33.3 Å². The van der Waals surface area contributed by atoms with Gasteiger partial charge in [0, 0.05) is 10.0 Å². The summed E-state index contributed by atoms with van der Waals surface area (Å²) in [5, 5.41) is 1.41. The van der Waals surface area contributed by atoms with Crippen LogP contribution in [-0.2, 0) is 0 Å². The topological polar surface area (TPSA) is 44.2 Å². The molecule has 0 spiro atoms. The Labute approximate surface area is 210 Å². The van der Waals surface area contributed by atoms with Crippen molar-refractivity contribution in [2.75, 3.05) is 0 Å². The summed E-state index contributed by atoms with van der Waals surface area (Å²) in [7, 11) is 0. The zero-order valence-electron chi connectivity index (χ0n) is 20.2. The summed E-state index contributed by atoms with van der Waals surface area (Å²) in [4.78, 5) is 9.53. The number of hydrogen-bond donors (Lipinski definition) is 0. The molecule has 34 heavy (non-hydrogen) atoms. The first-order valence-corrected chi connectivity index (χ1v) is 12.1. The quantitative estimate of drug-likeness (QED) is 0.267. The van der Waals surface area contributed by atoms with Crippen LogP contribution < -0.4 is 9.47 Å². The fourth-order valence-corrected chi connectivity index (χ4v) is 4.07. The number of rotatable bonds is 6. The second-order valence-corrected chi connectivity index (χ2v) is 9.93. The van der Waals surface area contributed by atoms with Crippen LogP contribution in [0, 0.1) is 13.8 Å². The first-order valence-electron chi connectivity index (χ1n) is 11.4. The Bertz CT molecular complexity index is 1260. The van der Waals surface area contributed by atoms with Crippen LogP contribution in [0.25, 0.3) is 11.0 Å². The van der Waals surface area contributed by atoms with Crippen molar-refractivity contribution in [3.8, 4) is 23.3 Å². The van der Waals surface area contributed by atoms with E-state index in [1.54, 1.807) is 0 Å². The van der Waals surface area contributed by atoms with Gasteiger partial charge in [-0.3, -0.25) is 0 Å². The lowest BCUT2D eigenvalue weighted by Gasteiger charge is -2.19. The molecule has 0 radical (unpaired) electrons. The maximum absolute atomic E-state index is 6.41. The van der Waals surface area contributed by atoms with Gasteiger partial charge in [0.1, 0.15) is 11.5 Å². The molecule has 4 nitrogen and oxygen atoms in total. The van der Waals surface area contributed by atoms with E-state index in [-0.39, 0.29) is 11.8 Å². The molecule has 0 saturated heterocycles. The molecule has 3 aromatic carbocycles. The molecular weight excluding hydrogens is 467 g/mol. The highest BCUT2D eigenvalue weighted by Crippen LogP contribution is 2.40. The van der Waals surface area contributed by atoms with Crippen LogP contribution in [0.1, 0.15) is 61.8 Å². The molecule has 0 aliphatic carbocycles. The highest BCUT2D eigenvalue weighted by atomic mass is 35.5. The van der Waals surface area contributed by atoms with Crippen molar-refractivity contribution in [3.63, 3.8) is 0 Å². The first kappa shape index (κ1) is 24.3. The van der Waals surface area contributed by atoms with Gasteiger partial charge in [0.2, 0.25) is 0 Å². The third kappa shape index (κ3) is 4.98. The van der Waals surface area contributed by atoms with E-state index in [0.717, 1.165) is 33.3 Å². The zero-order valence-corrected chi connectivity index (χ0v) is 21.8. The van der Waals surface area contributed by atoms with E-state index < -0.39 is 0 Å². The third-order valence-corrected chi connectivity index (χ3v) is 6.56. The number of nitrogens with zero attached hydrogens (tertiary/aromatic N) is 2. The van der Waals surface area contributed by atoms with Crippen LogP contribution in [0.2, 0.25) is 10.0 Å². The van der Waals surface area contributed by atoms with E-state index in [1.807, 2.05) is 62.4 Å². The molecule has 0 aliphatic heterocycles. The van der Waals surface area contributed by atoms with Gasteiger partial charge in [0.05, 0.1) is 11.0 Å². The Kier molecular flexibility index (Phi) is 7.01. The van der Waals surface area contributed by atoms with Crippen LogP contribution >= 0.6 is 23.2 Å². The van der Waals surface area contributed by atoms with Crippen LogP contribution in [0.4, 0.5) is 0 Å². The minimum absolute atomic E-state index is 0.206. The summed E-state index contributed by atoms with van der Waals surface area (Å²) < 4.78 is 12.8. The second kappa shape index (κ2) is 9.81. The monoisotopic (exact) mass is 494 g/mol. The average Bonchev–Trinajstić information content (AvgIpc) is 2.78. The lowest BCUT2D eigenvalue weighted by molar-refractivity contribution is 0.388. The molecule has 0 unspecified atom stereocenters. The summed E-state index contributed by atoms with van der Waals surface area (Å²) in [5.41, 5.74) is 5.26. The van der Waals surface area contributed by atoms with Gasteiger partial charge in [-0.1, -0.05) is 63.0 Å². The molecule has 0 amide bonds. The van der Waals surface area contributed by atoms with Gasteiger partial charge >= 0.3 is 0 Å². The molecule has 1 heterocycles. The summed E-state index contributed by atoms with van der Waals surface area (Å²) >= 11 is 12.8. The minimum atomic E-state index is 0.206.